The Balaban J connectivity index is 1.75. The fraction of sp³-hybridized carbons (Fsp3) is 0.364. The number of nitrogens with one attached hydrogen (secondary N) is 1. The van der Waals surface area contributed by atoms with Crippen molar-refractivity contribution in [2.75, 3.05) is 6.61 Å². The Hall–Kier alpha value is -3.95. The number of aryl methyl sites for hydroxylation is 2. The van der Waals surface area contributed by atoms with Crippen LogP contribution >= 0.6 is 11.6 Å². The molecule has 5 rings (SSSR count). The number of fused-ring (bicyclic) bond motifs is 2. The molecule has 0 fully saturated rings. The van der Waals surface area contributed by atoms with E-state index in [0.717, 1.165) is 23.1 Å². The maximum absolute atomic E-state index is 15.6. The quantitative estimate of drug-likeness (QED) is 0.238. The standard InChI is InChI=1S/C33H35ClFN3O5/c1-17-21-11-8-12-42-28(21)24(35)14-22(17)27-23-15-25(31(39)36-16-19-9-7-10-20(34)13-19)38(6)30(23)37-18(2)26(27)29(32(40)41)43-33(3,4)5/h7,9-10,13-15,29H,8,11-12,16H2,1-6H3,(H,36,39)(H,40,41)/t29-/m0/s1. The van der Waals surface area contributed by atoms with E-state index in [1.54, 1.807) is 57.5 Å². The molecule has 0 aliphatic carbocycles. The topological polar surface area (TPSA) is 103 Å². The second-order valence-electron chi connectivity index (χ2n) is 11.9. The van der Waals surface area contributed by atoms with Gasteiger partial charge in [-0.25, -0.2) is 14.2 Å². The number of amides is 1. The lowest BCUT2D eigenvalue weighted by atomic mass is 9.86. The lowest BCUT2D eigenvalue weighted by Crippen LogP contribution is -2.28. The summed E-state index contributed by atoms with van der Waals surface area (Å²) in [6, 6.07) is 10.3. The maximum atomic E-state index is 15.6. The molecule has 1 aliphatic rings. The van der Waals surface area contributed by atoms with Gasteiger partial charge in [-0.1, -0.05) is 23.7 Å². The highest BCUT2D eigenvalue weighted by Gasteiger charge is 2.34. The summed E-state index contributed by atoms with van der Waals surface area (Å²) in [6.07, 6.45) is -0.0371. The van der Waals surface area contributed by atoms with Crippen LogP contribution in [0.5, 0.6) is 5.75 Å². The molecule has 2 aromatic carbocycles. The van der Waals surface area contributed by atoms with Gasteiger partial charge in [-0.05, 0) is 88.4 Å². The number of hydrogen-bond acceptors (Lipinski definition) is 5. The zero-order chi connectivity index (χ0) is 31.2. The molecule has 2 aromatic heterocycles. The number of ether oxygens (including phenoxy) is 2. The van der Waals surface area contributed by atoms with Crippen molar-refractivity contribution in [1.29, 1.82) is 0 Å². The Bertz CT molecular complexity index is 1760. The van der Waals surface area contributed by atoms with E-state index < -0.39 is 23.5 Å². The van der Waals surface area contributed by atoms with E-state index >= 15 is 4.39 Å². The predicted octanol–water partition coefficient (Wildman–Crippen LogP) is 6.85. The molecule has 8 nitrogen and oxygen atoms in total. The molecule has 10 heteroatoms. The largest absolute Gasteiger partial charge is 0.490 e. The molecule has 43 heavy (non-hydrogen) atoms. The summed E-state index contributed by atoms with van der Waals surface area (Å²) in [5.74, 6) is -1.85. The smallest absolute Gasteiger partial charge is 0.337 e. The molecular weight excluding hydrogens is 573 g/mol. The summed E-state index contributed by atoms with van der Waals surface area (Å²) in [5, 5.41) is 14.4. The number of halogens is 2. The third-order valence-electron chi connectivity index (χ3n) is 7.64. The third kappa shape index (κ3) is 5.96. The average molecular weight is 608 g/mol. The Morgan fingerprint density at radius 3 is 2.65 bits per heavy atom. The fourth-order valence-electron chi connectivity index (χ4n) is 5.71. The minimum Gasteiger partial charge on any atom is -0.490 e. The van der Waals surface area contributed by atoms with Gasteiger partial charge in [0, 0.05) is 46.4 Å². The van der Waals surface area contributed by atoms with Gasteiger partial charge in [0.15, 0.2) is 17.7 Å². The molecule has 0 radical (unpaired) electrons. The van der Waals surface area contributed by atoms with Crippen LogP contribution in [0.2, 0.25) is 5.02 Å². The van der Waals surface area contributed by atoms with E-state index in [9.17, 15) is 14.7 Å². The normalized spacial score (nSPS) is 13.9. The van der Waals surface area contributed by atoms with Gasteiger partial charge in [-0.15, -0.1) is 0 Å². The number of nitrogens with zero attached hydrogens (tertiary/aromatic N) is 2. The predicted molar refractivity (Wildman–Crippen MR) is 163 cm³/mol. The van der Waals surface area contributed by atoms with Crippen molar-refractivity contribution in [1.82, 2.24) is 14.9 Å². The maximum Gasteiger partial charge on any atom is 0.337 e. The summed E-state index contributed by atoms with van der Waals surface area (Å²) in [5.41, 5.74) is 4.00. The first-order chi connectivity index (χ1) is 20.3. The number of carbonyl (C=O) groups is 2. The SMILES string of the molecule is Cc1nc2c(cc(C(=O)NCc3cccc(Cl)c3)n2C)c(-c2cc(F)c3c(c2C)CCCO3)c1[C@H](OC(C)(C)C)C(=O)O. The molecule has 226 valence electrons. The highest BCUT2D eigenvalue weighted by Crippen LogP contribution is 2.44. The van der Waals surface area contributed by atoms with E-state index in [2.05, 4.69) is 5.32 Å². The summed E-state index contributed by atoms with van der Waals surface area (Å²) < 4.78 is 29.0. The highest BCUT2D eigenvalue weighted by atomic mass is 35.5. The number of benzene rings is 2. The Kier molecular flexibility index (Phi) is 8.24. The molecule has 1 atom stereocenters. The van der Waals surface area contributed by atoms with Crippen molar-refractivity contribution in [2.45, 2.75) is 65.7 Å². The minimum absolute atomic E-state index is 0.228. The van der Waals surface area contributed by atoms with Crippen LogP contribution in [0.1, 0.15) is 71.7 Å². The van der Waals surface area contributed by atoms with Gasteiger partial charge in [0.1, 0.15) is 11.3 Å². The van der Waals surface area contributed by atoms with Crippen LogP contribution in [-0.2, 0) is 29.5 Å². The van der Waals surface area contributed by atoms with Crippen LogP contribution in [0.25, 0.3) is 22.2 Å². The molecule has 1 aliphatic heterocycles. The van der Waals surface area contributed by atoms with Crippen molar-refractivity contribution in [3.05, 3.63) is 80.9 Å². The summed E-state index contributed by atoms with van der Waals surface area (Å²) in [6.45, 7) is 9.59. The van der Waals surface area contributed by atoms with Crippen LogP contribution in [0, 0.1) is 19.7 Å². The summed E-state index contributed by atoms with van der Waals surface area (Å²) in [4.78, 5) is 31.0. The zero-order valence-electron chi connectivity index (χ0n) is 25.1. The molecule has 4 aromatic rings. The van der Waals surface area contributed by atoms with Gasteiger partial charge in [0.25, 0.3) is 5.91 Å². The van der Waals surface area contributed by atoms with Crippen molar-refractivity contribution >= 4 is 34.5 Å². The lowest BCUT2D eigenvalue weighted by Gasteiger charge is -2.29. The van der Waals surface area contributed by atoms with Gasteiger partial charge >= 0.3 is 5.97 Å². The molecular formula is C33H35ClFN3O5. The molecule has 0 bridgehead atoms. The molecule has 3 heterocycles. The van der Waals surface area contributed by atoms with Gasteiger partial charge in [-0.2, -0.15) is 0 Å². The summed E-state index contributed by atoms with van der Waals surface area (Å²) in [7, 11) is 1.72. The van der Waals surface area contributed by atoms with Crippen LogP contribution in [-0.4, -0.2) is 38.7 Å². The molecule has 0 unspecified atom stereocenters. The Morgan fingerprint density at radius 1 is 1.23 bits per heavy atom. The third-order valence-corrected chi connectivity index (χ3v) is 7.88. The molecule has 0 saturated heterocycles. The van der Waals surface area contributed by atoms with Crippen molar-refractivity contribution in [3.63, 3.8) is 0 Å². The number of pyridine rings is 1. The number of carboxylic acids is 1. The van der Waals surface area contributed by atoms with E-state index in [1.807, 2.05) is 19.1 Å². The van der Waals surface area contributed by atoms with E-state index in [-0.39, 0.29) is 18.2 Å². The van der Waals surface area contributed by atoms with Crippen LogP contribution in [0.3, 0.4) is 0 Å². The lowest BCUT2D eigenvalue weighted by molar-refractivity contribution is -0.160. The van der Waals surface area contributed by atoms with Crippen LogP contribution in [0.15, 0.2) is 36.4 Å². The molecule has 2 N–H and O–H groups in total. The van der Waals surface area contributed by atoms with E-state index in [0.29, 0.717) is 57.2 Å². The number of carboxylic acid groups (broad SMARTS) is 1. The highest BCUT2D eigenvalue weighted by molar-refractivity contribution is 6.30. The van der Waals surface area contributed by atoms with Gasteiger partial charge in [-0.3, -0.25) is 4.79 Å². The first-order valence-corrected chi connectivity index (χ1v) is 14.5. The zero-order valence-corrected chi connectivity index (χ0v) is 25.9. The molecule has 0 spiro atoms. The van der Waals surface area contributed by atoms with Crippen LogP contribution < -0.4 is 10.1 Å². The van der Waals surface area contributed by atoms with Crippen LogP contribution in [0.4, 0.5) is 4.39 Å². The van der Waals surface area contributed by atoms with E-state index in [1.165, 1.54) is 6.07 Å². The first-order valence-electron chi connectivity index (χ1n) is 14.1. The molecule has 0 saturated carbocycles. The fourth-order valence-corrected chi connectivity index (χ4v) is 5.92. The number of carbonyl (C=O) groups excluding carboxylic acids is 1. The van der Waals surface area contributed by atoms with Gasteiger partial charge in [0.05, 0.1) is 12.2 Å². The Labute approximate surface area is 254 Å². The second-order valence-corrected chi connectivity index (χ2v) is 12.3. The van der Waals surface area contributed by atoms with E-state index in [4.69, 9.17) is 26.1 Å². The Morgan fingerprint density at radius 2 is 1.98 bits per heavy atom. The summed E-state index contributed by atoms with van der Waals surface area (Å²) >= 11 is 6.11. The minimum atomic E-state index is -1.40. The number of hydrogen-bond donors (Lipinski definition) is 2. The van der Waals surface area contributed by atoms with Gasteiger partial charge in [0.2, 0.25) is 0 Å². The van der Waals surface area contributed by atoms with Crippen molar-refractivity contribution in [2.24, 2.45) is 7.05 Å². The van der Waals surface area contributed by atoms with Crippen molar-refractivity contribution < 1.29 is 28.6 Å². The number of aromatic nitrogens is 2. The molecule has 1 amide bonds. The van der Waals surface area contributed by atoms with Gasteiger partial charge < -0.3 is 24.5 Å². The number of aliphatic carboxylic acids is 1. The average Bonchev–Trinajstić information content (AvgIpc) is 3.27. The number of rotatable bonds is 7. The first kappa shape index (κ1) is 30.5. The monoisotopic (exact) mass is 607 g/mol. The van der Waals surface area contributed by atoms with Crippen molar-refractivity contribution in [3.8, 4) is 16.9 Å². The second kappa shape index (κ2) is 11.6.